The van der Waals surface area contributed by atoms with Crippen molar-refractivity contribution in [2.45, 2.75) is 6.42 Å². The number of nitrogens with zero attached hydrogens (tertiary/aromatic N) is 1. The van der Waals surface area contributed by atoms with Crippen LogP contribution in [0.1, 0.15) is 27.0 Å². The van der Waals surface area contributed by atoms with Crippen LogP contribution >= 0.6 is 23.2 Å². The minimum Gasteiger partial charge on any atom is -0.588 e. The zero-order valence-corrected chi connectivity index (χ0v) is 17.8. The standard InChI is InChI=1S/C23H14Cl2N2O2S/c24-19-8-6-17(12-20(19)25)13-22-23(28)18-11-15(7-9-21(18)27-30(22)29)3-1-4-16-5-2-10-26-14-16/h2,5-14,27H,4H2/b22-13-. The average molecular weight is 453 g/mol. The second-order valence-electron chi connectivity index (χ2n) is 6.48. The van der Waals surface area contributed by atoms with E-state index in [1.54, 1.807) is 54.9 Å². The molecule has 0 fully saturated rings. The average Bonchev–Trinajstić information content (AvgIpc) is 2.75. The van der Waals surface area contributed by atoms with E-state index in [0.717, 1.165) is 5.56 Å². The lowest BCUT2D eigenvalue weighted by Crippen LogP contribution is -2.27. The summed E-state index contributed by atoms with van der Waals surface area (Å²) >= 11 is 10.3. The number of aromatic nitrogens is 1. The topological polar surface area (TPSA) is 65.0 Å². The maximum Gasteiger partial charge on any atom is 0.245 e. The van der Waals surface area contributed by atoms with Crippen molar-refractivity contribution in [1.82, 2.24) is 4.98 Å². The Morgan fingerprint density at radius 3 is 2.77 bits per heavy atom. The number of carbonyl (C=O) groups excluding carboxylic acids is 1. The summed E-state index contributed by atoms with van der Waals surface area (Å²) in [4.78, 5) is 17.2. The predicted molar refractivity (Wildman–Crippen MR) is 122 cm³/mol. The number of carbonyl (C=O) groups is 1. The van der Waals surface area contributed by atoms with Crippen molar-refractivity contribution in [3.63, 3.8) is 0 Å². The maximum absolute atomic E-state index is 13.0. The van der Waals surface area contributed by atoms with E-state index in [9.17, 15) is 9.35 Å². The van der Waals surface area contributed by atoms with Crippen molar-refractivity contribution < 1.29 is 9.35 Å². The number of anilines is 1. The van der Waals surface area contributed by atoms with Gasteiger partial charge in [-0.3, -0.25) is 9.78 Å². The van der Waals surface area contributed by atoms with E-state index in [2.05, 4.69) is 21.5 Å². The van der Waals surface area contributed by atoms with Gasteiger partial charge in [-0.2, -0.15) is 0 Å². The SMILES string of the molecule is O=C1/C(=C/c2ccc(Cl)c(Cl)c2)[S+]([O-])Nc2ccc(C#CCc3cccnc3)cc21. The van der Waals surface area contributed by atoms with Gasteiger partial charge < -0.3 is 4.55 Å². The van der Waals surface area contributed by atoms with Gasteiger partial charge in [0, 0.05) is 30.5 Å². The van der Waals surface area contributed by atoms with Crippen LogP contribution in [-0.2, 0) is 17.8 Å². The molecule has 1 unspecified atom stereocenters. The molecular formula is C23H14Cl2N2O2S. The van der Waals surface area contributed by atoms with Gasteiger partial charge in [0.2, 0.25) is 10.7 Å². The molecule has 3 aromatic rings. The molecule has 2 aromatic carbocycles. The van der Waals surface area contributed by atoms with Gasteiger partial charge in [0.05, 0.1) is 21.3 Å². The summed E-state index contributed by atoms with van der Waals surface area (Å²) in [5, 5.41) is 0.771. The number of pyridine rings is 1. The van der Waals surface area contributed by atoms with E-state index in [1.807, 2.05) is 12.1 Å². The van der Waals surface area contributed by atoms with Crippen molar-refractivity contribution in [1.29, 1.82) is 0 Å². The van der Waals surface area contributed by atoms with Gasteiger partial charge in [-0.15, -0.1) is 0 Å². The highest BCUT2D eigenvalue weighted by Crippen LogP contribution is 2.32. The molecule has 1 aromatic heterocycles. The van der Waals surface area contributed by atoms with E-state index >= 15 is 0 Å². The molecule has 0 aliphatic carbocycles. The quantitative estimate of drug-likeness (QED) is 0.325. The minimum absolute atomic E-state index is 0.140. The Labute approximate surface area is 187 Å². The zero-order chi connectivity index (χ0) is 21.1. The van der Waals surface area contributed by atoms with Crippen molar-refractivity contribution in [2.24, 2.45) is 0 Å². The molecule has 148 valence electrons. The van der Waals surface area contributed by atoms with Crippen molar-refractivity contribution in [3.05, 3.63) is 98.1 Å². The van der Waals surface area contributed by atoms with Gasteiger partial charge in [0.1, 0.15) is 11.4 Å². The molecular weight excluding hydrogens is 439 g/mol. The lowest BCUT2D eigenvalue weighted by atomic mass is 10.0. The van der Waals surface area contributed by atoms with Crippen LogP contribution in [-0.4, -0.2) is 15.3 Å². The number of hydrogen-bond acceptors (Lipinski definition) is 4. The normalized spacial score (nSPS) is 16.4. The molecule has 4 rings (SSSR count). The first-order valence-electron chi connectivity index (χ1n) is 8.93. The third-order valence-corrected chi connectivity index (χ3v) is 6.23. The highest BCUT2D eigenvalue weighted by atomic mass is 35.5. The van der Waals surface area contributed by atoms with Crippen molar-refractivity contribution in [3.8, 4) is 11.8 Å². The van der Waals surface area contributed by atoms with Crippen LogP contribution in [0.15, 0.2) is 65.8 Å². The van der Waals surface area contributed by atoms with Gasteiger partial charge in [0.15, 0.2) is 0 Å². The number of fused-ring (bicyclic) bond motifs is 1. The summed E-state index contributed by atoms with van der Waals surface area (Å²) in [6, 6.07) is 14.0. The molecule has 2 heterocycles. The molecule has 7 heteroatoms. The summed E-state index contributed by atoms with van der Waals surface area (Å²) in [5.41, 5.74) is 3.30. The number of rotatable bonds is 2. The van der Waals surface area contributed by atoms with Crippen LogP contribution in [0.2, 0.25) is 10.0 Å². The Bertz CT molecular complexity index is 1220. The Hall–Kier alpha value is -2.75. The molecule has 1 aliphatic rings. The Morgan fingerprint density at radius 2 is 2.00 bits per heavy atom. The Morgan fingerprint density at radius 1 is 1.13 bits per heavy atom. The Balaban J connectivity index is 1.61. The van der Waals surface area contributed by atoms with Crippen LogP contribution in [0.3, 0.4) is 0 Å². The van der Waals surface area contributed by atoms with E-state index < -0.39 is 11.4 Å². The number of halogens is 2. The molecule has 0 radical (unpaired) electrons. The van der Waals surface area contributed by atoms with Crippen LogP contribution < -0.4 is 4.72 Å². The molecule has 1 atom stereocenters. The molecule has 0 saturated heterocycles. The molecule has 30 heavy (non-hydrogen) atoms. The number of allylic oxidation sites excluding steroid dienone is 1. The van der Waals surface area contributed by atoms with Crippen molar-refractivity contribution in [2.75, 3.05) is 4.72 Å². The molecule has 4 nitrogen and oxygen atoms in total. The molecule has 0 amide bonds. The third-order valence-electron chi connectivity index (χ3n) is 4.38. The fourth-order valence-electron chi connectivity index (χ4n) is 2.89. The van der Waals surface area contributed by atoms with Gasteiger partial charge in [-0.1, -0.05) is 47.2 Å². The van der Waals surface area contributed by atoms with Gasteiger partial charge in [-0.05, 0) is 47.5 Å². The first-order valence-corrected chi connectivity index (χ1v) is 10.8. The van der Waals surface area contributed by atoms with Crippen LogP contribution in [0.5, 0.6) is 0 Å². The monoisotopic (exact) mass is 452 g/mol. The van der Waals surface area contributed by atoms with Crippen LogP contribution in [0.4, 0.5) is 5.69 Å². The lowest BCUT2D eigenvalue weighted by molar-refractivity contribution is 0.104. The number of benzene rings is 2. The molecule has 0 spiro atoms. The largest absolute Gasteiger partial charge is 0.588 e. The third kappa shape index (κ3) is 4.53. The Kier molecular flexibility index (Phi) is 6.12. The molecule has 0 bridgehead atoms. The predicted octanol–water partition coefficient (Wildman–Crippen LogP) is 5.30. The number of Topliss-reactive ketones (excluding diaryl/α,β-unsaturated/α-hetero) is 1. The fourth-order valence-corrected chi connectivity index (χ4v) is 4.21. The lowest BCUT2D eigenvalue weighted by Gasteiger charge is -2.21. The van der Waals surface area contributed by atoms with Crippen molar-refractivity contribution >= 4 is 52.1 Å². The molecule has 1 N–H and O–H groups in total. The smallest absolute Gasteiger partial charge is 0.245 e. The summed E-state index contributed by atoms with van der Waals surface area (Å²) in [6.07, 6.45) is 5.59. The van der Waals surface area contributed by atoms with E-state index in [0.29, 0.717) is 38.8 Å². The highest BCUT2D eigenvalue weighted by molar-refractivity contribution is 7.97. The maximum atomic E-state index is 13.0. The molecule has 1 aliphatic heterocycles. The van der Waals surface area contributed by atoms with E-state index in [-0.39, 0.29) is 10.7 Å². The summed E-state index contributed by atoms with van der Waals surface area (Å²) in [6.45, 7) is 0. The zero-order valence-electron chi connectivity index (χ0n) is 15.5. The fraction of sp³-hybridized carbons (Fsp3) is 0.0435. The van der Waals surface area contributed by atoms with Gasteiger partial charge in [-0.25, -0.2) is 4.72 Å². The second-order valence-corrected chi connectivity index (χ2v) is 8.48. The van der Waals surface area contributed by atoms with Gasteiger partial charge in [0.25, 0.3) is 0 Å². The van der Waals surface area contributed by atoms with E-state index in [4.69, 9.17) is 23.2 Å². The highest BCUT2D eigenvalue weighted by Gasteiger charge is 2.33. The second kappa shape index (κ2) is 8.95. The van der Waals surface area contributed by atoms with E-state index in [1.165, 1.54) is 0 Å². The summed E-state index contributed by atoms with van der Waals surface area (Å²) in [5.74, 6) is 5.84. The number of hydrogen-bond donors (Lipinski definition) is 1. The first-order chi connectivity index (χ1) is 14.5. The number of ketones is 1. The summed E-state index contributed by atoms with van der Waals surface area (Å²) < 4.78 is 15.4. The van der Waals surface area contributed by atoms with Crippen LogP contribution in [0.25, 0.3) is 6.08 Å². The summed E-state index contributed by atoms with van der Waals surface area (Å²) in [7, 11) is 0. The number of nitrogens with one attached hydrogen (secondary N) is 1. The molecule has 0 saturated carbocycles. The first kappa shape index (κ1) is 20.5. The minimum atomic E-state index is -1.68. The van der Waals surface area contributed by atoms with Crippen LogP contribution in [0, 0.1) is 11.8 Å². The van der Waals surface area contributed by atoms with Gasteiger partial charge >= 0.3 is 0 Å².